The molecule has 2 unspecified atom stereocenters. The number of carbonyl (C=O) groups excluding carboxylic acids is 1. The highest BCUT2D eigenvalue weighted by atomic mass is 16.6. The molecule has 1 aromatic heterocycles. The number of piperidine rings is 1. The standard InChI is InChI=1S/C23H28N4O3/c28-22(30-16-17-6-2-1-3-7-17)27-19-8-9-20(27)13-23(29,12-19)18-14-24-21(25-15-18)26-10-4-5-11-26/h1-3,6-7,14-15,19-20,29H,4-5,8-13,16H2. The van der Waals surface area contributed by atoms with E-state index in [2.05, 4.69) is 14.9 Å². The Labute approximate surface area is 176 Å². The van der Waals surface area contributed by atoms with Crippen LogP contribution in [0.1, 0.15) is 49.7 Å². The Morgan fingerprint density at radius 3 is 2.33 bits per heavy atom. The van der Waals surface area contributed by atoms with Gasteiger partial charge in [0.05, 0.1) is 5.60 Å². The average Bonchev–Trinajstić information content (AvgIpc) is 3.40. The Hall–Kier alpha value is -2.67. The Morgan fingerprint density at radius 1 is 1.07 bits per heavy atom. The number of nitrogens with zero attached hydrogens (tertiary/aromatic N) is 4. The molecular weight excluding hydrogens is 380 g/mol. The molecule has 1 amide bonds. The van der Waals surface area contributed by atoms with E-state index < -0.39 is 5.60 Å². The predicted octanol–water partition coefficient (Wildman–Crippen LogP) is 3.23. The van der Waals surface area contributed by atoms with Gasteiger partial charge in [-0.3, -0.25) is 0 Å². The zero-order valence-electron chi connectivity index (χ0n) is 17.1. The Morgan fingerprint density at radius 2 is 1.70 bits per heavy atom. The summed E-state index contributed by atoms with van der Waals surface area (Å²) in [7, 11) is 0. The number of rotatable bonds is 4. The number of aliphatic hydroxyl groups is 1. The summed E-state index contributed by atoms with van der Waals surface area (Å²) in [5, 5.41) is 11.4. The zero-order chi connectivity index (χ0) is 20.6. The fourth-order valence-corrected chi connectivity index (χ4v) is 5.19. The van der Waals surface area contributed by atoms with Crippen LogP contribution in [-0.4, -0.2) is 51.2 Å². The second-order valence-corrected chi connectivity index (χ2v) is 8.74. The van der Waals surface area contributed by atoms with Gasteiger partial charge in [0, 0.05) is 56.0 Å². The first kappa shape index (κ1) is 19.3. The summed E-state index contributed by atoms with van der Waals surface area (Å²) in [6.45, 7) is 2.26. The molecule has 1 aromatic carbocycles. The average molecular weight is 409 g/mol. The Bertz CT molecular complexity index is 869. The molecule has 0 radical (unpaired) electrons. The molecule has 3 saturated heterocycles. The molecule has 3 fully saturated rings. The van der Waals surface area contributed by atoms with E-state index in [0.717, 1.165) is 43.0 Å². The van der Waals surface area contributed by atoms with Crippen molar-refractivity contribution in [3.63, 3.8) is 0 Å². The Balaban J connectivity index is 1.25. The molecule has 1 N–H and O–H groups in total. The number of hydrogen-bond donors (Lipinski definition) is 1. The minimum absolute atomic E-state index is 0.0183. The zero-order valence-corrected chi connectivity index (χ0v) is 17.1. The quantitative estimate of drug-likeness (QED) is 0.837. The first-order valence-electron chi connectivity index (χ1n) is 10.9. The lowest BCUT2D eigenvalue weighted by molar-refractivity contribution is -0.0540. The molecule has 3 aliphatic heterocycles. The number of aromatic nitrogens is 2. The summed E-state index contributed by atoms with van der Waals surface area (Å²) in [5.74, 6) is 0.741. The lowest BCUT2D eigenvalue weighted by Crippen LogP contribution is -2.52. The van der Waals surface area contributed by atoms with Crippen LogP contribution < -0.4 is 4.90 Å². The third kappa shape index (κ3) is 3.62. The molecule has 0 spiro atoms. The molecule has 0 saturated carbocycles. The van der Waals surface area contributed by atoms with Crippen LogP contribution in [0.4, 0.5) is 10.7 Å². The van der Waals surface area contributed by atoms with Gasteiger partial charge in [0.2, 0.25) is 5.95 Å². The third-order valence-corrected chi connectivity index (χ3v) is 6.75. The van der Waals surface area contributed by atoms with E-state index in [-0.39, 0.29) is 24.8 Å². The highest BCUT2D eigenvalue weighted by Crippen LogP contribution is 2.45. The summed E-state index contributed by atoms with van der Waals surface area (Å²) >= 11 is 0. The summed E-state index contributed by atoms with van der Waals surface area (Å²) in [5.41, 5.74) is 0.729. The van der Waals surface area contributed by atoms with Crippen LogP contribution in [0.25, 0.3) is 0 Å². The summed E-state index contributed by atoms with van der Waals surface area (Å²) in [6.07, 6.45) is 8.37. The van der Waals surface area contributed by atoms with Crippen molar-refractivity contribution >= 4 is 12.0 Å². The molecule has 2 aromatic rings. The van der Waals surface area contributed by atoms with E-state index in [0.29, 0.717) is 12.8 Å². The van der Waals surface area contributed by atoms with E-state index >= 15 is 0 Å². The van der Waals surface area contributed by atoms with Crippen molar-refractivity contribution in [2.75, 3.05) is 18.0 Å². The minimum Gasteiger partial charge on any atom is -0.445 e. The number of ether oxygens (including phenoxy) is 1. The van der Waals surface area contributed by atoms with Gasteiger partial charge in [0.15, 0.2) is 0 Å². The maximum atomic E-state index is 12.8. The summed E-state index contributed by atoms with van der Waals surface area (Å²) < 4.78 is 5.57. The number of fused-ring (bicyclic) bond motifs is 2. The molecule has 3 aliphatic rings. The van der Waals surface area contributed by atoms with Gasteiger partial charge in [-0.1, -0.05) is 30.3 Å². The number of carbonyl (C=O) groups is 1. The van der Waals surface area contributed by atoms with Crippen molar-refractivity contribution in [1.29, 1.82) is 0 Å². The lowest BCUT2D eigenvalue weighted by Gasteiger charge is -2.43. The fraction of sp³-hybridized carbons (Fsp3) is 0.522. The van der Waals surface area contributed by atoms with Gasteiger partial charge < -0.3 is 19.6 Å². The van der Waals surface area contributed by atoms with Crippen LogP contribution in [-0.2, 0) is 16.9 Å². The number of benzene rings is 1. The monoisotopic (exact) mass is 408 g/mol. The molecule has 2 atom stereocenters. The van der Waals surface area contributed by atoms with Crippen LogP contribution in [0.2, 0.25) is 0 Å². The third-order valence-electron chi connectivity index (χ3n) is 6.75. The maximum absolute atomic E-state index is 12.8. The van der Waals surface area contributed by atoms with Gasteiger partial charge in [0.25, 0.3) is 0 Å². The first-order valence-corrected chi connectivity index (χ1v) is 10.9. The summed E-state index contributed by atoms with van der Waals surface area (Å²) in [4.78, 5) is 25.8. The topological polar surface area (TPSA) is 78.8 Å². The van der Waals surface area contributed by atoms with Crippen LogP contribution in [0.3, 0.4) is 0 Å². The van der Waals surface area contributed by atoms with Gasteiger partial charge in [-0.05, 0) is 31.2 Å². The Kier molecular flexibility index (Phi) is 5.06. The van der Waals surface area contributed by atoms with Gasteiger partial charge in [-0.25, -0.2) is 14.8 Å². The number of hydrogen-bond acceptors (Lipinski definition) is 6. The fourth-order valence-electron chi connectivity index (χ4n) is 5.19. The minimum atomic E-state index is -0.994. The van der Waals surface area contributed by atoms with E-state index in [1.54, 1.807) is 12.4 Å². The number of anilines is 1. The van der Waals surface area contributed by atoms with Crippen LogP contribution in [0, 0.1) is 0 Å². The molecule has 7 nitrogen and oxygen atoms in total. The highest BCUT2D eigenvalue weighted by Gasteiger charge is 2.51. The van der Waals surface area contributed by atoms with E-state index in [4.69, 9.17) is 4.74 Å². The summed E-state index contributed by atoms with van der Waals surface area (Å²) in [6, 6.07) is 9.67. The van der Waals surface area contributed by atoms with Crippen molar-refractivity contribution < 1.29 is 14.6 Å². The molecule has 30 heavy (non-hydrogen) atoms. The molecule has 7 heteroatoms. The first-order chi connectivity index (χ1) is 14.6. The van der Waals surface area contributed by atoms with Crippen molar-refractivity contribution in [2.24, 2.45) is 0 Å². The second kappa shape index (κ2) is 7.87. The number of amides is 1. The van der Waals surface area contributed by atoms with Gasteiger partial charge in [-0.15, -0.1) is 0 Å². The molecule has 0 aliphatic carbocycles. The maximum Gasteiger partial charge on any atom is 0.410 e. The van der Waals surface area contributed by atoms with E-state index in [1.165, 1.54) is 12.8 Å². The second-order valence-electron chi connectivity index (χ2n) is 8.74. The van der Waals surface area contributed by atoms with Crippen molar-refractivity contribution in [2.45, 2.75) is 62.8 Å². The van der Waals surface area contributed by atoms with Crippen molar-refractivity contribution in [3.05, 3.63) is 53.9 Å². The molecule has 158 valence electrons. The van der Waals surface area contributed by atoms with Crippen molar-refractivity contribution in [1.82, 2.24) is 14.9 Å². The van der Waals surface area contributed by atoms with Gasteiger partial charge >= 0.3 is 6.09 Å². The predicted molar refractivity (Wildman–Crippen MR) is 112 cm³/mol. The lowest BCUT2D eigenvalue weighted by atomic mass is 9.82. The SMILES string of the molecule is O=C(OCc1ccccc1)N1C2CCC1CC(O)(c1cnc(N3CCCC3)nc1)C2. The van der Waals surface area contributed by atoms with Crippen LogP contribution in [0.5, 0.6) is 0 Å². The van der Waals surface area contributed by atoms with E-state index in [1.807, 2.05) is 35.2 Å². The normalized spacial score (nSPS) is 28.0. The highest BCUT2D eigenvalue weighted by molar-refractivity contribution is 5.69. The molecular formula is C23H28N4O3. The smallest absolute Gasteiger partial charge is 0.410 e. The van der Waals surface area contributed by atoms with Crippen LogP contribution >= 0.6 is 0 Å². The van der Waals surface area contributed by atoms with Gasteiger partial charge in [-0.2, -0.15) is 0 Å². The van der Waals surface area contributed by atoms with Crippen molar-refractivity contribution in [3.8, 4) is 0 Å². The van der Waals surface area contributed by atoms with E-state index in [9.17, 15) is 9.90 Å². The molecule has 4 heterocycles. The molecule has 5 rings (SSSR count). The van der Waals surface area contributed by atoms with Gasteiger partial charge in [0.1, 0.15) is 6.61 Å². The largest absolute Gasteiger partial charge is 0.445 e. The molecule has 2 bridgehead atoms. The van der Waals surface area contributed by atoms with Crippen LogP contribution in [0.15, 0.2) is 42.7 Å².